The van der Waals surface area contributed by atoms with Crippen molar-refractivity contribution in [1.29, 1.82) is 0 Å². The van der Waals surface area contributed by atoms with Gasteiger partial charge in [-0.3, -0.25) is 4.90 Å². The van der Waals surface area contributed by atoms with Crippen molar-refractivity contribution in [2.24, 2.45) is 5.92 Å². The number of ether oxygens (including phenoxy) is 1. The monoisotopic (exact) mass is 379 g/mol. The molecule has 128 valence electrons. The molecule has 2 nitrogen and oxygen atoms in total. The summed E-state index contributed by atoms with van der Waals surface area (Å²) < 4.78 is 7.02. The Morgan fingerprint density at radius 3 is 2.26 bits per heavy atom. The second-order valence-electron chi connectivity index (χ2n) is 7.59. The first kappa shape index (κ1) is 17.4. The molecular formula is C20H30BrNO. The number of piperidine rings is 1. The molecule has 0 aromatic heterocycles. The fourth-order valence-electron chi connectivity index (χ4n) is 4.62. The quantitative estimate of drug-likeness (QED) is 0.677. The molecule has 1 aliphatic heterocycles. The Labute approximate surface area is 149 Å². The predicted octanol–water partition coefficient (Wildman–Crippen LogP) is 5.57. The molecule has 1 atom stereocenters. The lowest BCUT2D eigenvalue weighted by Gasteiger charge is -2.48. The van der Waals surface area contributed by atoms with Crippen LogP contribution in [-0.4, -0.2) is 30.6 Å². The van der Waals surface area contributed by atoms with Crippen molar-refractivity contribution < 1.29 is 4.74 Å². The third-order valence-corrected chi connectivity index (χ3v) is 6.64. The van der Waals surface area contributed by atoms with Crippen molar-refractivity contribution in [1.82, 2.24) is 4.90 Å². The van der Waals surface area contributed by atoms with E-state index in [9.17, 15) is 0 Å². The maximum Gasteiger partial charge on any atom is 0.0850 e. The molecule has 23 heavy (non-hydrogen) atoms. The molecule has 0 bridgehead atoms. The second-order valence-corrected chi connectivity index (χ2v) is 8.51. The maximum absolute atomic E-state index is 5.89. The fourth-order valence-corrected chi connectivity index (χ4v) is 4.89. The summed E-state index contributed by atoms with van der Waals surface area (Å²) >= 11 is 3.52. The third kappa shape index (κ3) is 4.00. The van der Waals surface area contributed by atoms with Gasteiger partial charge in [0.2, 0.25) is 0 Å². The topological polar surface area (TPSA) is 12.5 Å². The lowest BCUT2D eigenvalue weighted by molar-refractivity contribution is -0.0150. The van der Waals surface area contributed by atoms with E-state index in [0.29, 0.717) is 11.5 Å². The van der Waals surface area contributed by atoms with Crippen molar-refractivity contribution >= 4 is 15.9 Å². The molecule has 1 aliphatic carbocycles. The Bertz CT molecular complexity index is 487. The van der Waals surface area contributed by atoms with Gasteiger partial charge in [0.05, 0.1) is 6.10 Å². The molecule has 1 saturated carbocycles. The van der Waals surface area contributed by atoms with Crippen LogP contribution in [0, 0.1) is 5.92 Å². The SMILES string of the molecule is COC(c1ccc(Br)cc1)C1CCN(C2(C)CCCCC2)CC1. The molecule has 1 saturated heterocycles. The molecule has 0 spiro atoms. The Hall–Kier alpha value is -0.380. The summed E-state index contributed by atoms with van der Waals surface area (Å²) in [6, 6.07) is 8.65. The Morgan fingerprint density at radius 2 is 1.70 bits per heavy atom. The highest BCUT2D eigenvalue weighted by molar-refractivity contribution is 9.10. The number of halogens is 1. The van der Waals surface area contributed by atoms with E-state index in [1.54, 1.807) is 0 Å². The summed E-state index contributed by atoms with van der Waals surface area (Å²) in [5.41, 5.74) is 1.78. The minimum absolute atomic E-state index is 0.240. The average molecular weight is 380 g/mol. The third-order valence-electron chi connectivity index (χ3n) is 6.11. The normalized spacial score (nSPS) is 24.5. The largest absolute Gasteiger partial charge is 0.376 e. The van der Waals surface area contributed by atoms with E-state index in [1.807, 2.05) is 7.11 Å². The van der Waals surface area contributed by atoms with E-state index >= 15 is 0 Å². The van der Waals surface area contributed by atoms with Crippen molar-refractivity contribution in [2.45, 2.75) is 63.5 Å². The predicted molar refractivity (Wildman–Crippen MR) is 99.7 cm³/mol. The van der Waals surface area contributed by atoms with Crippen LogP contribution in [0.3, 0.4) is 0 Å². The van der Waals surface area contributed by atoms with Crippen LogP contribution in [-0.2, 0) is 4.74 Å². The van der Waals surface area contributed by atoms with Gasteiger partial charge in [0, 0.05) is 17.1 Å². The molecule has 2 aliphatic rings. The highest BCUT2D eigenvalue weighted by Crippen LogP contribution is 2.39. The van der Waals surface area contributed by atoms with Gasteiger partial charge in [-0.05, 0) is 69.3 Å². The smallest absolute Gasteiger partial charge is 0.0850 e. The van der Waals surface area contributed by atoms with Gasteiger partial charge < -0.3 is 4.74 Å². The van der Waals surface area contributed by atoms with Crippen molar-refractivity contribution in [3.63, 3.8) is 0 Å². The van der Waals surface area contributed by atoms with E-state index in [2.05, 4.69) is 52.0 Å². The second kappa shape index (κ2) is 7.67. The zero-order valence-electron chi connectivity index (χ0n) is 14.6. The van der Waals surface area contributed by atoms with Crippen LogP contribution in [0.2, 0.25) is 0 Å². The Balaban J connectivity index is 1.62. The van der Waals surface area contributed by atoms with Gasteiger partial charge in [-0.15, -0.1) is 0 Å². The number of likely N-dealkylation sites (tertiary alicyclic amines) is 1. The van der Waals surface area contributed by atoms with Gasteiger partial charge in [-0.1, -0.05) is 47.3 Å². The lowest BCUT2D eigenvalue weighted by atomic mass is 9.79. The minimum Gasteiger partial charge on any atom is -0.376 e. The number of nitrogens with zero attached hydrogens (tertiary/aromatic N) is 1. The van der Waals surface area contributed by atoms with Gasteiger partial charge in [0.1, 0.15) is 0 Å². The molecule has 1 heterocycles. The van der Waals surface area contributed by atoms with Gasteiger partial charge in [-0.2, -0.15) is 0 Å². The van der Waals surface area contributed by atoms with E-state index in [4.69, 9.17) is 4.74 Å². The molecule has 2 fully saturated rings. The number of hydrogen-bond donors (Lipinski definition) is 0. The molecule has 3 heteroatoms. The van der Waals surface area contributed by atoms with Crippen molar-refractivity contribution in [2.75, 3.05) is 20.2 Å². The fraction of sp³-hybridized carbons (Fsp3) is 0.700. The zero-order valence-corrected chi connectivity index (χ0v) is 16.1. The first-order valence-corrected chi connectivity index (χ1v) is 9.95. The standard InChI is InChI=1S/C20H30BrNO/c1-20(12-4-3-5-13-20)22-14-10-17(11-15-22)19(23-2)16-6-8-18(21)9-7-16/h6-9,17,19H,3-5,10-15H2,1-2H3. The summed E-state index contributed by atoms with van der Waals surface area (Å²) in [6.07, 6.45) is 9.78. The van der Waals surface area contributed by atoms with Crippen molar-refractivity contribution in [3.8, 4) is 0 Å². The molecule has 0 amide bonds. The van der Waals surface area contributed by atoms with Crippen LogP contribution in [0.1, 0.15) is 63.5 Å². The van der Waals surface area contributed by atoms with Crippen LogP contribution >= 0.6 is 15.9 Å². The Kier molecular flexibility index (Phi) is 5.82. The van der Waals surface area contributed by atoms with Crippen LogP contribution in [0.15, 0.2) is 28.7 Å². The van der Waals surface area contributed by atoms with E-state index in [1.165, 1.54) is 63.6 Å². The molecular weight excluding hydrogens is 350 g/mol. The summed E-state index contributed by atoms with van der Waals surface area (Å²) in [6.45, 7) is 4.96. The van der Waals surface area contributed by atoms with E-state index in [0.717, 1.165) is 4.47 Å². The lowest BCUT2D eigenvalue weighted by Crippen LogP contribution is -2.51. The first-order valence-electron chi connectivity index (χ1n) is 9.16. The minimum atomic E-state index is 0.240. The van der Waals surface area contributed by atoms with Gasteiger partial charge in [0.15, 0.2) is 0 Å². The summed E-state index contributed by atoms with van der Waals surface area (Å²) in [5, 5.41) is 0. The molecule has 1 aromatic rings. The van der Waals surface area contributed by atoms with Gasteiger partial charge in [0.25, 0.3) is 0 Å². The van der Waals surface area contributed by atoms with Crippen molar-refractivity contribution in [3.05, 3.63) is 34.3 Å². The summed E-state index contributed by atoms with van der Waals surface area (Å²) in [4.78, 5) is 2.77. The van der Waals surface area contributed by atoms with E-state index in [-0.39, 0.29) is 6.10 Å². The first-order chi connectivity index (χ1) is 11.1. The van der Waals surface area contributed by atoms with Gasteiger partial charge >= 0.3 is 0 Å². The molecule has 1 unspecified atom stereocenters. The van der Waals surface area contributed by atoms with Crippen LogP contribution in [0.4, 0.5) is 0 Å². The number of benzene rings is 1. The average Bonchev–Trinajstić information content (AvgIpc) is 2.58. The zero-order chi connectivity index (χ0) is 16.3. The van der Waals surface area contributed by atoms with Crippen LogP contribution in [0.5, 0.6) is 0 Å². The van der Waals surface area contributed by atoms with Gasteiger partial charge in [-0.25, -0.2) is 0 Å². The number of rotatable bonds is 4. The molecule has 3 rings (SSSR count). The summed E-state index contributed by atoms with van der Waals surface area (Å²) in [7, 11) is 1.86. The highest BCUT2D eigenvalue weighted by atomic mass is 79.9. The number of hydrogen-bond acceptors (Lipinski definition) is 2. The summed E-state index contributed by atoms with van der Waals surface area (Å²) in [5.74, 6) is 0.643. The Morgan fingerprint density at radius 1 is 1.09 bits per heavy atom. The molecule has 0 radical (unpaired) electrons. The number of methoxy groups -OCH3 is 1. The van der Waals surface area contributed by atoms with Crippen LogP contribution < -0.4 is 0 Å². The van der Waals surface area contributed by atoms with Crippen LogP contribution in [0.25, 0.3) is 0 Å². The molecule has 1 aromatic carbocycles. The molecule has 0 N–H and O–H groups in total. The maximum atomic E-state index is 5.89. The van der Waals surface area contributed by atoms with E-state index < -0.39 is 0 Å². The highest BCUT2D eigenvalue weighted by Gasteiger charge is 2.37.